The molecule has 8 nitrogen and oxygen atoms in total. The molecule has 1 aromatic carbocycles. The van der Waals surface area contributed by atoms with Gasteiger partial charge in [0.2, 0.25) is 0 Å². The Balaban J connectivity index is 1.78. The summed E-state index contributed by atoms with van der Waals surface area (Å²) in [6.45, 7) is 11.5. The number of amides is 1. The van der Waals surface area contributed by atoms with Crippen molar-refractivity contribution in [2.45, 2.75) is 59.2 Å². The molecule has 2 aromatic rings. The highest BCUT2D eigenvalue weighted by Crippen LogP contribution is 2.21. The molecule has 180 valence electrons. The Morgan fingerprint density at radius 2 is 1.64 bits per heavy atom. The minimum absolute atomic E-state index is 0.103. The van der Waals surface area contributed by atoms with Gasteiger partial charge in [-0.15, -0.1) is 0 Å². The van der Waals surface area contributed by atoms with Gasteiger partial charge in [0.05, 0.1) is 0 Å². The van der Waals surface area contributed by atoms with E-state index >= 15 is 0 Å². The van der Waals surface area contributed by atoms with E-state index in [1.165, 1.54) is 4.57 Å². The number of benzene rings is 1. The first kappa shape index (κ1) is 24.9. The van der Waals surface area contributed by atoms with E-state index in [0.29, 0.717) is 42.8 Å². The lowest BCUT2D eigenvalue weighted by Crippen LogP contribution is -2.45. The second-order valence-corrected chi connectivity index (χ2v) is 9.37. The van der Waals surface area contributed by atoms with Crippen molar-refractivity contribution >= 4 is 23.3 Å². The lowest BCUT2D eigenvalue weighted by molar-refractivity contribution is -0.137. The zero-order valence-electron chi connectivity index (χ0n) is 20.0. The van der Waals surface area contributed by atoms with E-state index in [1.54, 1.807) is 46.7 Å². The Kier molecular flexibility index (Phi) is 7.89. The van der Waals surface area contributed by atoms with Crippen molar-refractivity contribution in [3.8, 4) is 5.75 Å². The molecular formula is C24H33ClN4O4. The van der Waals surface area contributed by atoms with E-state index in [4.69, 9.17) is 16.3 Å². The first-order chi connectivity index (χ1) is 15.6. The number of rotatable bonds is 6. The summed E-state index contributed by atoms with van der Waals surface area (Å²) in [5, 5.41) is 0.549. The molecule has 3 rings (SSSR count). The normalized spacial score (nSPS) is 15.6. The summed E-state index contributed by atoms with van der Waals surface area (Å²) in [4.78, 5) is 42.6. The van der Waals surface area contributed by atoms with Crippen molar-refractivity contribution in [1.29, 1.82) is 0 Å². The van der Waals surface area contributed by atoms with Crippen LogP contribution in [-0.2, 0) is 4.79 Å². The van der Waals surface area contributed by atoms with Crippen molar-refractivity contribution in [2.24, 2.45) is 0 Å². The van der Waals surface area contributed by atoms with Crippen LogP contribution >= 0.6 is 11.6 Å². The van der Waals surface area contributed by atoms with E-state index in [0.717, 1.165) is 6.42 Å². The van der Waals surface area contributed by atoms with Crippen molar-refractivity contribution < 1.29 is 9.53 Å². The van der Waals surface area contributed by atoms with Crippen molar-refractivity contribution in [2.75, 3.05) is 31.1 Å². The molecule has 2 heterocycles. The second kappa shape index (κ2) is 10.5. The Labute approximate surface area is 199 Å². The van der Waals surface area contributed by atoms with Crippen LogP contribution in [0.15, 0.2) is 39.9 Å². The molecule has 0 unspecified atom stereocenters. The number of halogens is 1. The first-order valence-corrected chi connectivity index (χ1v) is 11.8. The third-order valence-electron chi connectivity index (χ3n) is 5.77. The number of aromatic nitrogens is 2. The quantitative estimate of drug-likeness (QED) is 0.639. The summed E-state index contributed by atoms with van der Waals surface area (Å²) in [5.74, 6) is 1.05. The molecule has 1 aromatic heterocycles. The molecule has 0 saturated carbocycles. The maximum absolute atomic E-state index is 13.1. The van der Waals surface area contributed by atoms with Crippen LogP contribution in [-0.4, -0.2) is 52.2 Å². The fraction of sp³-hybridized carbons (Fsp3) is 0.542. The number of carbonyl (C=O) groups excluding carboxylic acids is 1. The molecule has 1 fully saturated rings. The minimum atomic E-state index is -0.654. The largest absolute Gasteiger partial charge is 0.481 e. The molecule has 0 spiro atoms. The number of ether oxygens (including phenoxy) is 1. The summed E-state index contributed by atoms with van der Waals surface area (Å²) in [7, 11) is 0. The van der Waals surface area contributed by atoms with Crippen molar-refractivity contribution in [3.63, 3.8) is 0 Å². The van der Waals surface area contributed by atoms with E-state index in [2.05, 4.69) is 0 Å². The van der Waals surface area contributed by atoms with Crippen LogP contribution in [0.25, 0.3) is 0 Å². The third kappa shape index (κ3) is 5.61. The van der Waals surface area contributed by atoms with Crippen LogP contribution in [0.3, 0.4) is 0 Å². The van der Waals surface area contributed by atoms with Gasteiger partial charge in [-0.1, -0.05) is 17.7 Å². The highest BCUT2D eigenvalue weighted by molar-refractivity contribution is 6.30. The molecule has 0 N–H and O–H groups in total. The van der Waals surface area contributed by atoms with E-state index in [1.807, 2.05) is 32.6 Å². The van der Waals surface area contributed by atoms with Gasteiger partial charge in [-0.05, 0) is 59.2 Å². The maximum Gasteiger partial charge on any atom is 0.333 e. The van der Waals surface area contributed by atoms with Crippen molar-refractivity contribution in [1.82, 2.24) is 14.0 Å². The summed E-state index contributed by atoms with van der Waals surface area (Å²) < 4.78 is 8.76. The van der Waals surface area contributed by atoms with Gasteiger partial charge < -0.3 is 14.5 Å². The smallest absolute Gasteiger partial charge is 0.333 e. The topological polar surface area (TPSA) is 76.8 Å². The lowest BCUT2D eigenvalue weighted by Gasteiger charge is -2.29. The summed E-state index contributed by atoms with van der Waals surface area (Å²) in [6.07, 6.45) is 0.0636. The van der Waals surface area contributed by atoms with Gasteiger partial charge in [0.15, 0.2) is 6.10 Å². The highest BCUT2D eigenvalue weighted by Gasteiger charge is 2.27. The predicted molar refractivity (Wildman–Crippen MR) is 131 cm³/mol. The second-order valence-electron chi connectivity index (χ2n) is 8.93. The molecular weight excluding hydrogens is 444 g/mol. The molecule has 0 aliphatic carbocycles. The average molecular weight is 477 g/mol. The lowest BCUT2D eigenvalue weighted by atomic mass is 10.3. The van der Waals surface area contributed by atoms with Crippen LogP contribution in [0.1, 0.15) is 53.1 Å². The van der Waals surface area contributed by atoms with Gasteiger partial charge in [0.1, 0.15) is 11.6 Å². The SMILES string of the molecule is CC(C)n1c(N2CCCN(C(=O)[C@@H](C)Oc3cccc(Cl)c3)CC2)cc(=O)n(C(C)C)c1=O. The molecule has 1 atom stereocenters. The molecule has 9 heteroatoms. The number of carbonyl (C=O) groups is 1. The average Bonchev–Trinajstić information content (AvgIpc) is 2.98. The maximum atomic E-state index is 13.1. The summed E-state index contributed by atoms with van der Waals surface area (Å²) >= 11 is 6.01. The zero-order valence-corrected chi connectivity index (χ0v) is 20.7. The molecule has 33 heavy (non-hydrogen) atoms. The van der Waals surface area contributed by atoms with Gasteiger partial charge in [-0.2, -0.15) is 0 Å². The van der Waals surface area contributed by atoms with Crippen LogP contribution in [0, 0.1) is 0 Å². The number of hydrogen-bond donors (Lipinski definition) is 0. The van der Waals surface area contributed by atoms with Crippen LogP contribution in [0.5, 0.6) is 5.75 Å². The van der Waals surface area contributed by atoms with E-state index < -0.39 is 6.10 Å². The highest BCUT2D eigenvalue weighted by atomic mass is 35.5. The van der Waals surface area contributed by atoms with Gasteiger partial charge in [0.25, 0.3) is 11.5 Å². The van der Waals surface area contributed by atoms with Gasteiger partial charge in [-0.25, -0.2) is 4.79 Å². The molecule has 1 saturated heterocycles. The Hall–Kier alpha value is -2.74. The van der Waals surface area contributed by atoms with E-state index in [9.17, 15) is 14.4 Å². The minimum Gasteiger partial charge on any atom is -0.481 e. The van der Waals surface area contributed by atoms with Crippen LogP contribution in [0.4, 0.5) is 5.82 Å². The molecule has 1 amide bonds. The third-order valence-corrected chi connectivity index (χ3v) is 6.01. The monoisotopic (exact) mass is 476 g/mol. The molecule has 0 bridgehead atoms. The number of anilines is 1. The number of nitrogens with zero attached hydrogens (tertiary/aromatic N) is 4. The Morgan fingerprint density at radius 3 is 2.27 bits per heavy atom. The van der Waals surface area contributed by atoms with E-state index in [-0.39, 0.29) is 29.2 Å². The summed E-state index contributed by atoms with van der Waals surface area (Å²) in [5.41, 5.74) is -0.606. The van der Waals surface area contributed by atoms with Gasteiger partial charge in [0, 0.05) is 49.4 Å². The predicted octanol–water partition coefficient (Wildman–Crippen LogP) is 3.33. The molecule has 0 radical (unpaired) electrons. The summed E-state index contributed by atoms with van der Waals surface area (Å²) in [6, 6.07) is 8.20. The Bertz CT molecular complexity index is 1110. The standard InChI is InChI=1S/C24H33ClN4O4/c1-16(2)28-21(15-22(30)29(17(3)4)24(28)32)26-10-7-11-27(13-12-26)23(31)18(5)33-20-9-6-8-19(25)14-20/h6,8-9,14-18H,7,10-13H2,1-5H3/t18-/m1/s1. The van der Waals surface area contributed by atoms with Gasteiger partial charge >= 0.3 is 5.69 Å². The van der Waals surface area contributed by atoms with Crippen molar-refractivity contribution in [3.05, 3.63) is 56.2 Å². The Morgan fingerprint density at radius 1 is 0.939 bits per heavy atom. The molecule has 1 aliphatic rings. The fourth-order valence-corrected chi connectivity index (χ4v) is 4.36. The fourth-order valence-electron chi connectivity index (χ4n) is 4.18. The zero-order chi connectivity index (χ0) is 24.3. The number of hydrogen-bond acceptors (Lipinski definition) is 5. The van der Waals surface area contributed by atoms with Gasteiger partial charge in [-0.3, -0.25) is 18.7 Å². The van der Waals surface area contributed by atoms with Crippen LogP contribution < -0.4 is 20.9 Å². The first-order valence-electron chi connectivity index (χ1n) is 11.4. The molecule has 1 aliphatic heterocycles. The van der Waals surface area contributed by atoms with Crippen LogP contribution in [0.2, 0.25) is 5.02 Å².